The molecular formula is C13H13Cl2FN4O. The largest absolute Gasteiger partial charge is 0.463 e. The second-order valence-electron chi connectivity index (χ2n) is 4.16. The summed E-state index contributed by atoms with van der Waals surface area (Å²) in [5, 5.41) is 3.06. The van der Waals surface area contributed by atoms with Gasteiger partial charge in [0.05, 0.1) is 11.6 Å². The summed E-state index contributed by atoms with van der Waals surface area (Å²) in [5.41, 5.74) is 0.786. The highest BCUT2D eigenvalue weighted by Gasteiger charge is 2.07. The molecule has 2 aromatic rings. The van der Waals surface area contributed by atoms with Gasteiger partial charge in [0.2, 0.25) is 11.2 Å². The SMILES string of the molecule is CCCOc1nc(Cl)nc(NCc2ccc(F)c(Cl)c2)n1. The molecule has 0 aliphatic carbocycles. The van der Waals surface area contributed by atoms with E-state index >= 15 is 0 Å². The normalized spacial score (nSPS) is 10.5. The summed E-state index contributed by atoms with van der Waals surface area (Å²) in [6.07, 6.45) is 0.833. The van der Waals surface area contributed by atoms with E-state index in [0.29, 0.717) is 13.2 Å². The van der Waals surface area contributed by atoms with Crippen LogP contribution in [0.4, 0.5) is 10.3 Å². The summed E-state index contributed by atoms with van der Waals surface area (Å²) in [5.74, 6) is -0.180. The highest BCUT2D eigenvalue weighted by molar-refractivity contribution is 6.30. The van der Waals surface area contributed by atoms with Crippen molar-refractivity contribution in [3.8, 4) is 6.01 Å². The molecule has 1 heterocycles. The van der Waals surface area contributed by atoms with Crippen molar-refractivity contribution in [2.45, 2.75) is 19.9 Å². The first kappa shape index (κ1) is 15.7. The van der Waals surface area contributed by atoms with E-state index in [2.05, 4.69) is 20.3 Å². The van der Waals surface area contributed by atoms with E-state index in [-0.39, 0.29) is 22.3 Å². The average molecular weight is 331 g/mol. The average Bonchev–Trinajstić information content (AvgIpc) is 2.46. The summed E-state index contributed by atoms with van der Waals surface area (Å²) in [6.45, 7) is 2.83. The number of nitrogens with zero attached hydrogens (tertiary/aromatic N) is 3. The number of anilines is 1. The van der Waals surface area contributed by atoms with Crippen LogP contribution in [0.3, 0.4) is 0 Å². The van der Waals surface area contributed by atoms with Crippen LogP contribution in [0.2, 0.25) is 10.3 Å². The van der Waals surface area contributed by atoms with Gasteiger partial charge in [0.15, 0.2) is 0 Å². The van der Waals surface area contributed by atoms with Gasteiger partial charge in [0.25, 0.3) is 0 Å². The molecule has 0 bridgehead atoms. The number of nitrogens with one attached hydrogen (secondary N) is 1. The third kappa shape index (κ3) is 4.68. The van der Waals surface area contributed by atoms with Gasteiger partial charge in [-0.05, 0) is 35.7 Å². The molecule has 0 amide bonds. The van der Waals surface area contributed by atoms with Crippen molar-refractivity contribution in [1.29, 1.82) is 0 Å². The molecular weight excluding hydrogens is 318 g/mol. The van der Waals surface area contributed by atoms with Crippen molar-refractivity contribution in [1.82, 2.24) is 15.0 Å². The first-order valence-electron chi connectivity index (χ1n) is 6.30. The zero-order chi connectivity index (χ0) is 15.2. The minimum Gasteiger partial charge on any atom is -0.463 e. The number of halogens is 3. The van der Waals surface area contributed by atoms with E-state index in [1.165, 1.54) is 12.1 Å². The quantitative estimate of drug-likeness (QED) is 0.874. The van der Waals surface area contributed by atoms with Gasteiger partial charge in [-0.15, -0.1) is 0 Å². The summed E-state index contributed by atoms with van der Waals surface area (Å²) in [6, 6.07) is 4.61. The van der Waals surface area contributed by atoms with Gasteiger partial charge in [0.1, 0.15) is 5.82 Å². The Hall–Kier alpha value is -1.66. The van der Waals surface area contributed by atoms with Crippen LogP contribution in [-0.2, 0) is 6.54 Å². The van der Waals surface area contributed by atoms with Gasteiger partial charge in [0, 0.05) is 6.54 Å². The van der Waals surface area contributed by atoms with Gasteiger partial charge >= 0.3 is 6.01 Å². The van der Waals surface area contributed by atoms with Gasteiger partial charge in [-0.3, -0.25) is 0 Å². The molecule has 0 fully saturated rings. The molecule has 0 saturated carbocycles. The lowest BCUT2D eigenvalue weighted by Gasteiger charge is -2.08. The maximum absolute atomic E-state index is 13.1. The molecule has 112 valence electrons. The zero-order valence-corrected chi connectivity index (χ0v) is 12.7. The molecule has 0 saturated heterocycles. The van der Waals surface area contributed by atoms with Crippen LogP contribution in [-0.4, -0.2) is 21.6 Å². The van der Waals surface area contributed by atoms with E-state index in [0.717, 1.165) is 12.0 Å². The Labute approximate surface area is 131 Å². The molecule has 0 spiro atoms. The number of ether oxygens (including phenoxy) is 1. The first-order chi connectivity index (χ1) is 10.1. The van der Waals surface area contributed by atoms with Crippen LogP contribution < -0.4 is 10.1 Å². The van der Waals surface area contributed by atoms with Gasteiger partial charge in [-0.1, -0.05) is 24.6 Å². The molecule has 2 rings (SSSR count). The van der Waals surface area contributed by atoms with Gasteiger partial charge < -0.3 is 10.1 Å². The molecule has 8 heteroatoms. The molecule has 0 aliphatic rings. The summed E-state index contributed by atoms with van der Waals surface area (Å²) in [7, 11) is 0. The van der Waals surface area contributed by atoms with E-state index in [1.54, 1.807) is 6.07 Å². The predicted molar refractivity (Wildman–Crippen MR) is 79.4 cm³/mol. The van der Waals surface area contributed by atoms with Crippen molar-refractivity contribution >= 4 is 29.2 Å². The lowest BCUT2D eigenvalue weighted by molar-refractivity contribution is 0.291. The smallest absolute Gasteiger partial charge is 0.322 e. The van der Waals surface area contributed by atoms with Crippen LogP contribution in [0.15, 0.2) is 18.2 Å². The van der Waals surface area contributed by atoms with Crippen LogP contribution in [0.5, 0.6) is 6.01 Å². The summed E-state index contributed by atoms with van der Waals surface area (Å²) >= 11 is 11.5. The van der Waals surface area contributed by atoms with E-state index in [1.807, 2.05) is 6.92 Å². The monoisotopic (exact) mass is 330 g/mol. The summed E-state index contributed by atoms with van der Waals surface area (Å²) < 4.78 is 18.4. The van der Waals surface area contributed by atoms with Crippen molar-refractivity contribution in [2.24, 2.45) is 0 Å². The Morgan fingerprint density at radius 3 is 2.76 bits per heavy atom. The molecule has 0 atom stereocenters. The zero-order valence-electron chi connectivity index (χ0n) is 11.2. The molecule has 0 unspecified atom stereocenters. The second-order valence-corrected chi connectivity index (χ2v) is 4.91. The maximum atomic E-state index is 13.1. The number of rotatable bonds is 6. The fourth-order valence-corrected chi connectivity index (χ4v) is 1.86. The predicted octanol–water partition coefficient (Wildman–Crippen LogP) is 3.72. The highest BCUT2D eigenvalue weighted by atomic mass is 35.5. The first-order valence-corrected chi connectivity index (χ1v) is 7.06. The molecule has 1 aromatic carbocycles. The van der Waals surface area contributed by atoms with Gasteiger partial charge in [-0.2, -0.15) is 15.0 Å². The third-order valence-electron chi connectivity index (χ3n) is 2.46. The van der Waals surface area contributed by atoms with Crippen molar-refractivity contribution < 1.29 is 9.13 Å². The van der Waals surface area contributed by atoms with Crippen molar-refractivity contribution in [2.75, 3.05) is 11.9 Å². The van der Waals surface area contributed by atoms with Crippen molar-refractivity contribution in [3.63, 3.8) is 0 Å². The fourth-order valence-electron chi connectivity index (χ4n) is 1.50. The maximum Gasteiger partial charge on any atom is 0.322 e. The van der Waals surface area contributed by atoms with Crippen LogP contribution in [0, 0.1) is 5.82 Å². The number of aromatic nitrogens is 3. The van der Waals surface area contributed by atoms with E-state index in [4.69, 9.17) is 27.9 Å². The minimum absolute atomic E-state index is 0.0377. The Balaban J connectivity index is 2.05. The lowest BCUT2D eigenvalue weighted by Crippen LogP contribution is -2.07. The molecule has 1 N–H and O–H groups in total. The molecule has 0 aliphatic heterocycles. The Bertz CT molecular complexity index is 627. The Morgan fingerprint density at radius 1 is 1.24 bits per heavy atom. The van der Waals surface area contributed by atoms with Crippen molar-refractivity contribution in [3.05, 3.63) is 39.9 Å². The third-order valence-corrected chi connectivity index (χ3v) is 2.92. The fraction of sp³-hybridized carbons (Fsp3) is 0.308. The topological polar surface area (TPSA) is 59.9 Å². The number of hydrogen-bond donors (Lipinski definition) is 1. The van der Waals surface area contributed by atoms with Crippen LogP contribution in [0.25, 0.3) is 0 Å². The highest BCUT2D eigenvalue weighted by Crippen LogP contribution is 2.17. The molecule has 21 heavy (non-hydrogen) atoms. The molecule has 5 nitrogen and oxygen atoms in total. The Kier molecular flexibility index (Phi) is 5.52. The Morgan fingerprint density at radius 2 is 2.05 bits per heavy atom. The van der Waals surface area contributed by atoms with Crippen LogP contribution in [0.1, 0.15) is 18.9 Å². The standard InChI is InChI=1S/C13H13Cl2FN4O/c1-2-5-21-13-19-11(15)18-12(20-13)17-7-8-3-4-10(16)9(14)6-8/h3-4,6H,2,5,7H2,1H3,(H,17,18,19,20). The van der Waals surface area contributed by atoms with Gasteiger partial charge in [-0.25, -0.2) is 4.39 Å². The minimum atomic E-state index is -0.459. The number of benzene rings is 1. The van der Waals surface area contributed by atoms with E-state index < -0.39 is 5.82 Å². The number of hydrogen-bond acceptors (Lipinski definition) is 5. The molecule has 1 aromatic heterocycles. The lowest BCUT2D eigenvalue weighted by atomic mass is 10.2. The molecule has 0 radical (unpaired) electrons. The summed E-state index contributed by atoms with van der Waals surface area (Å²) in [4.78, 5) is 11.9. The van der Waals surface area contributed by atoms with Crippen LogP contribution >= 0.6 is 23.2 Å². The second kappa shape index (κ2) is 7.38. The van der Waals surface area contributed by atoms with E-state index in [9.17, 15) is 4.39 Å².